The van der Waals surface area contributed by atoms with E-state index in [1.54, 1.807) is 26.0 Å². The number of allylic oxidation sites excluding steroid dienone is 1. The summed E-state index contributed by atoms with van der Waals surface area (Å²) >= 11 is 0. The van der Waals surface area contributed by atoms with Crippen LogP contribution in [-0.2, 0) is 20.9 Å². The summed E-state index contributed by atoms with van der Waals surface area (Å²) in [6.45, 7) is 8.45. The van der Waals surface area contributed by atoms with Crippen LogP contribution in [-0.4, -0.2) is 35.8 Å². The Labute approximate surface area is 188 Å². The van der Waals surface area contributed by atoms with Crippen molar-refractivity contribution in [1.29, 1.82) is 0 Å². The van der Waals surface area contributed by atoms with Gasteiger partial charge in [0.1, 0.15) is 5.76 Å². The molecule has 1 atom stereocenters. The summed E-state index contributed by atoms with van der Waals surface area (Å²) in [5.74, 6) is -0.220. The first-order valence-electron chi connectivity index (χ1n) is 10.9. The lowest BCUT2D eigenvalue weighted by Gasteiger charge is -2.34. The Bertz CT molecular complexity index is 1010. The van der Waals surface area contributed by atoms with Gasteiger partial charge < -0.3 is 19.4 Å². The van der Waals surface area contributed by atoms with Gasteiger partial charge in [-0.15, -0.1) is 0 Å². The molecule has 2 heterocycles. The van der Waals surface area contributed by atoms with Crippen molar-refractivity contribution in [2.75, 3.05) is 13.2 Å². The minimum absolute atomic E-state index is 0.119. The van der Waals surface area contributed by atoms with Crippen LogP contribution in [0.2, 0.25) is 0 Å². The molecule has 1 unspecified atom stereocenters. The standard InChI is InChI=1S/C25H30N2O5/c1-5-31-25(30)23-17(4)27(22(28)13-20(23)18-9-7-6-8-10-18)15-19-11-12-21(32-19)24(29)26-14-16(2)3/h6-12,16,20H,5,13-15H2,1-4H3,(H,26,29). The molecular formula is C25H30N2O5. The molecule has 3 rings (SSSR count). The van der Waals surface area contributed by atoms with Crippen molar-refractivity contribution in [2.45, 2.75) is 46.6 Å². The number of carbonyl (C=O) groups excluding carboxylic acids is 3. The minimum Gasteiger partial charge on any atom is -0.463 e. The smallest absolute Gasteiger partial charge is 0.336 e. The van der Waals surface area contributed by atoms with Crippen LogP contribution in [0.5, 0.6) is 0 Å². The van der Waals surface area contributed by atoms with E-state index < -0.39 is 5.97 Å². The van der Waals surface area contributed by atoms with Crippen molar-refractivity contribution in [2.24, 2.45) is 5.92 Å². The first kappa shape index (κ1) is 23.3. The molecular weight excluding hydrogens is 408 g/mol. The zero-order valence-electron chi connectivity index (χ0n) is 19.0. The Morgan fingerprint density at radius 1 is 1.19 bits per heavy atom. The van der Waals surface area contributed by atoms with Gasteiger partial charge in [0.05, 0.1) is 18.7 Å². The summed E-state index contributed by atoms with van der Waals surface area (Å²) in [7, 11) is 0. The predicted molar refractivity (Wildman–Crippen MR) is 120 cm³/mol. The normalized spacial score (nSPS) is 16.5. The van der Waals surface area contributed by atoms with Crippen LogP contribution in [0.15, 0.2) is 58.2 Å². The van der Waals surface area contributed by atoms with Gasteiger partial charge in [0.2, 0.25) is 5.91 Å². The summed E-state index contributed by atoms with van der Waals surface area (Å²) in [4.78, 5) is 39.6. The third-order valence-electron chi connectivity index (χ3n) is 5.39. The maximum Gasteiger partial charge on any atom is 0.336 e. The molecule has 0 bridgehead atoms. The van der Waals surface area contributed by atoms with Gasteiger partial charge in [-0.05, 0) is 37.5 Å². The van der Waals surface area contributed by atoms with Crippen LogP contribution >= 0.6 is 0 Å². The summed E-state index contributed by atoms with van der Waals surface area (Å²) in [5, 5.41) is 2.81. The number of furan rings is 1. The summed E-state index contributed by atoms with van der Waals surface area (Å²) in [6.07, 6.45) is 0.151. The third kappa shape index (κ3) is 5.28. The molecule has 0 saturated heterocycles. The van der Waals surface area contributed by atoms with E-state index >= 15 is 0 Å². The molecule has 1 aliphatic rings. The molecule has 170 valence electrons. The molecule has 1 N–H and O–H groups in total. The van der Waals surface area contributed by atoms with Crippen LogP contribution in [0, 0.1) is 5.92 Å². The van der Waals surface area contributed by atoms with E-state index in [9.17, 15) is 14.4 Å². The van der Waals surface area contributed by atoms with Gasteiger partial charge in [-0.2, -0.15) is 0 Å². The van der Waals surface area contributed by atoms with Crippen LogP contribution < -0.4 is 5.32 Å². The van der Waals surface area contributed by atoms with Crippen molar-refractivity contribution in [3.05, 3.63) is 70.8 Å². The molecule has 2 amide bonds. The van der Waals surface area contributed by atoms with E-state index in [4.69, 9.17) is 9.15 Å². The highest BCUT2D eigenvalue weighted by atomic mass is 16.5. The molecule has 7 nitrogen and oxygen atoms in total. The molecule has 2 aromatic rings. The topological polar surface area (TPSA) is 88.8 Å². The lowest BCUT2D eigenvalue weighted by atomic mass is 9.83. The van der Waals surface area contributed by atoms with Crippen LogP contribution in [0.3, 0.4) is 0 Å². The van der Waals surface area contributed by atoms with Crippen LogP contribution in [0.25, 0.3) is 0 Å². The Balaban J connectivity index is 1.87. The predicted octanol–water partition coefficient (Wildman–Crippen LogP) is 4.02. The van der Waals surface area contributed by atoms with Gasteiger partial charge in [-0.1, -0.05) is 44.2 Å². The van der Waals surface area contributed by atoms with Crippen molar-refractivity contribution in [3.63, 3.8) is 0 Å². The molecule has 1 aromatic carbocycles. The molecule has 1 aromatic heterocycles. The molecule has 0 spiro atoms. The molecule has 0 saturated carbocycles. The maximum absolute atomic E-state index is 13.1. The number of amides is 2. The fourth-order valence-corrected chi connectivity index (χ4v) is 3.77. The molecule has 0 radical (unpaired) electrons. The monoisotopic (exact) mass is 438 g/mol. The van der Waals surface area contributed by atoms with Crippen LogP contribution in [0.1, 0.15) is 61.9 Å². The number of hydrogen-bond acceptors (Lipinski definition) is 5. The van der Waals surface area contributed by atoms with Crippen molar-refractivity contribution < 1.29 is 23.5 Å². The number of carbonyl (C=O) groups is 3. The van der Waals surface area contributed by atoms with E-state index in [2.05, 4.69) is 5.32 Å². The number of nitrogens with zero attached hydrogens (tertiary/aromatic N) is 1. The average Bonchev–Trinajstić information content (AvgIpc) is 3.24. The Morgan fingerprint density at radius 2 is 1.91 bits per heavy atom. The first-order chi connectivity index (χ1) is 15.3. The van der Waals surface area contributed by atoms with Crippen molar-refractivity contribution in [1.82, 2.24) is 10.2 Å². The number of hydrogen-bond donors (Lipinski definition) is 1. The van der Waals surface area contributed by atoms with Gasteiger partial charge in [-0.3, -0.25) is 9.59 Å². The summed E-state index contributed by atoms with van der Waals surface area (Å²) in [6, 6.07) is 12.8. The lowest BCUT2D eigenvalue weighted by Crippen LogP contribution is -2.38. The SMILES string of the molecule is CCOC(=O)C1=C(C)N(Cc2ccc(C(=O)NCC(C)C)o2)C(=O)CC1c1ccccc1. The van der Waals surface area contributed by atoms with Crippen molar-refractivity contribution >= 4 is 17.8 Å². The third-order valence-corrected chi connectivity index (χ3v) is 5.39. The second-order valence-corrected chi connectivity index (χ2v) is 8.24. The average molecular weight is 439 g/mol. The molecule has 0 aliphatic carbocycles. The quantitative estimate of drug-likeness (QED) is 0.629. The zero-order valence-corrected chi connectivity index (χ0v) is 19.0. The number of rotatable bonds is 8. The van der Waals surface area contributed by atoms with E-state index in [0.29, 0.717) is 29.5 Å². The zero-order chi connectivity index (χ0) is 23.3. The maximum atomic E-state index is 13.1. The van der Waals surface area contributed by atoms with Gasteiger partial charge in [0.15, 0.2) is 5.76 Å². The highest BCUT2D eigenvalue weighted by Crippen LogP contribution is 2.37. The van der Waals surface area contributed by atoms with E-state index in [0.717, 1.165) is 5.56 Å². The second kappa shape index (κ2) is 10.3. The molecule has 0 fully saturated rings. The second-order valence-electron chi connectivity index (χ2n) is 8.24. The number of benzene rings is 1. The minimum atomic E-state index is -0.426. The summed E-state index contributed by atoms with van der Waals surface area (Å²) < 4.78 is 11.0. The number of nitrogens with one attached hydrogen (secondary N) is 1. The van der Waals surface area contributed by atoms with Gasteiger partial charge in [0, 0.05) is 24.6 Å². The summed E-state index contributed by atoms with van der Waals surface area (Å²) in [5.41, 5.74) is 1.90. The van der Waals surface area contributed by atoms with Gasteiger partial charge >= 0.3 is 5.97 Å². The van der Waals surface area contributed by atoms with E-state index in [1.165, 1.54) is 4.90 Å². The molecule has 1 aliphatic heterocycles. The van der Waals surface area contributed by atoms with Crippen LogP contribution in [0.4, 0.5) is 0 Å². The largest absolute Gasteiger partial charge is 0.463 e. The highest BCUT2D eigenvalue weighted by Gasteiger charge is 2.37. The highest BCUT2D eigenvalue weighted by molar-refractivity contribution is 5.96. The Morgan fingerprint density at radius 3 is 2.56 bits per heavy atom. The lowest BCUT2D eigenvalue weighted by molar-refractivity contribution is -0.140. The molecule has 32 heavy (non-hydrogen) atoms. The number of esters is 1. The fraction of sp³-hybridized carbons (Fsp3) is 0.400. The van der Waals surface area contributed by atoms with E-state index in [-0.39, 0.29) is 43.1 Å². The van der Waals surface area contributed by atoms with Crippen molar-refractivity contribution in [3.8, 4) is 0 Å². The van der Waals surface area contributed by atoms with E-state index in [1.807, 2.05) is 44.2 Å². The fourth-order valence-electron chi connectivity index (χ4n) is 3.77. The Kier molecular flexibility index (Phi) is 7.51. The Hall–Kier alpha value is -3.35. The van der Waals surface area contributed by atoms with Gasteiger partial charge in [-0.25, -0.2) is 4.79 Å². The van der Waals surface area contributed by atoms with Gasteiger partial charge in [0.25, 0.3) is 5.91 Å². The number of ether oxygens (including phenoxy) is 1. The first-order valence-corrected chi connectivity index (χ1v) is 10.9. The molecule has 7 heteroatoms.